The van der Waals surface area contributed by atoms with Crippen molar-refractivity contribution in [2.75, 3.05) is 19.8 Å². The van der Waals surface area contributed by atoms with E-state index in [4.69, 9.17) is 9.47 Å². The van der Waals surface area contributed by atoms with Gasteiger partial charge in [-0.15, -0.1) is 0 Å². The Kier molecular flexibility index (Phi) is 5.53. The monoisotopic (exact) mass is 472 g/mol. The van der Waals surface area contributed by atoms with Crippen LogP contribution in [0.1, 0.15) is 71.1 Å². The summed E-state index contributed by atoms with van der Waals surface area (Å²) >= 11 is 0. The molecular weight excluding hydrogens is 428 g/mol. The molecule has 1 spiro atoms. The molecule has 6 nitrogen and oxygen atoms in total. The molecule has 190 valence electrons. The predicted octanol–water partition coefficient (Wildman–Crippen LogP) is 3.96. The van der Waals surface area contributed by atoms with Crippen LogP contribution >= 0.6 is 0 Å². The smallest absolute Gasteiger partial charge is 0.171 e. The van der Waals surface area contributed by atoms with Crippen molar-refractivity contribution in [1.29, 1.82) is 0 Å². The third-order valence-corrected chi connectivity index (χ3v) is 11.7. The lowest BCUT2D eigenvalue weighted by molar-refractivity contribution is -0.272. The van der Waals surface area contributed by atoms with Crippen molar-refractivity contribution in [2.45, 2.75) is 84.5 Å². The number of aliphatic hydroxyl groups excluding tert-OH is 2. The Morgan fingerprint density at radius 3 is 2.62 bits per heavy atom. The second-order valence-corrected chi connectivity index (χ2v) is 13.2. The van der Waals surface area contributed by atoms with Gasteiger partial charge in [0.05, 0.1) is 18.9 Å². The number of fused-ring (bicyclic) bond motifs is 4. The van der Waals surface area contributed by atoms with Crippen LogP contribution in [0.2, 0.25) is 0 Å². The Labute approximate surface area is 204 Å². The summed E-state index contributed by atoms with van der Waals surface area (Å²) in [5.41, 5.74) is 2.62. The van der Waals surface area contributed by atoms with Gasteiger partial charge in [0.25, 0.3) is 0 Å². The van der Waals surface area contributed by atoms with Gasteiger partial charge in [0.15, 0.2) is 5.79 Å². The number of hydrogen-bond acceptors (Lipinski definition) is 5. The van der Waals surface area contributed by atoms with E-state index < -0.39 is 5.79 Å². The van der Waals surface area contributed by atoms with Crippen LogP contribution in [0, 0.1) is 52.3 Å². The predicted molar refractivity (Wildman–Crippen MR) is 129 cm³/mol. The summed E-state index contributed by atoms with van der Waals surface area (Å²) in [5.74, 6) is 2.40. The molecule has 2 saturated heterocycles. The molecule has 0 radical (unpaired) electrons. The van der Waals surface area contributed by atoms with Crippen LogP contribution in [-0.4, -0.2) is 52.1 Å². The van der Waals surface area contributed by atoms with E-state index in [1.807, 2.05) is 6.20 Å². The second kappa shape index (κ2) is 8.03. The van der Waals surface area contributed by atoms with E-state index in [0.29, 0.717) is 29.6 Å². The van der Waals surface area contributed by atoms with E-state index in [1.54, 1.807) is 0 Å². The zero-order chi connectivity index (χ0) is 23.9. The molecule has 34 heavy (non-hydrogen) atoms. The number of nitrogens with one attached hydrogen (secondary N) is 1. The summed E-state index contributed by atoms with van der Waals surface area (Å²) in [6.07, 6.45) is 9.50. The number of ether oxygens (including phenoxy) is 2. The Balaban J connectivity index is 1.28. The van der Waals surface area contributed by atoms with Crippen LogP contribution in [0.25, 0.3) is 0 Å². The van der Waals surface area contributed by atoms with Gasteiger partial charge in [-0.3, -0.25) is 5.10 Å². The maximum absolute atomic E-state index is 10.8. The van der Waals surface area contributed by atoms with Gasteiger partial charge in [-0.25, -0.2) is 0 Å². The third kappa shape index (κ3) is 3.10. The molecule has 2 saturated carbocycles. The molecule has 0 aromatic carbocycles. The second-order valence-electron chi connectivity index (χ2n) is 13.2. The summed E-state index contributed by atoms with van der Waals surface area (Å²) in [6, 6.07) is 0. The molecule has 2 aliphatic heterocycles. The van der Waals surface area contributed by atoms with Crippen molar-refractivity contribution in [3.8, 4) is 0 Å². The average Bonchev–Trinajstić information content (AvgIpc) is 3.46. The highest BCUT2D eigenvalue weighted by atomic mass is 16.7. The lowest BCUT2D eigenvalue weighted by Crippen LogP contribution is -2.54. The highest BCUT2D eigenvalue weighted by Crippen LogP contribution is 2.68. The number of rotatable bonds is 3. The fourth-order valence-electron chi connectivity index (χ4n) is 9.79. The van der Waals surface area contributed by atoms with Crippen LogP contribution in [-0.2, 0) is 22.3 Å². The highest BCUT2D eigenvalue weighted by Gasteiger charge is 2.68. The van der Waals surface area contributed by atoms with E-state index in [2.05, 4.69) is 37.9 Å². The van der Waals surface area contributed by atoms with Gasteiger partial charge >= 0.3 is 0 Å². The minimum atomic E-state index is -0.392. The molecule has 0 bridgehead atoms. The maximum Gasteiger partial charge on any atom is 0.171 e. The topological polar surface area (TPSA) is 87.6 Å². The molecule has 11 atom stereocenters. The molecule has 5 aliphatic rings. The largest absolute Gasteiger partial charge is 0.396 e. The van der Waals surface area contributed by atoms with Gasteiger partial charge in [0, 0.05) is 31.2 Å². The van der Waals surface area contributed by atoms with E-state index >= 15 is 0 Å². The van der Waals surface area contributed by atoms with Crippen molar-refractivity contribution >= 4 is 0 Å². The van der Waals surface area contributed by atoms with Crippen molar-refractivity contribution in [1.82, 2.24) is 10.2 Å². The Hall–Kier alpha value is -0.950. The first-order valence-corrected chi connectivity index (χ1v) is 13.8. The molecule has 1 unspecified atom stereocenters. The number of aromatic amines is 1. The summed E-state index contributed by atoms with van der Waals surface area (Å²) in [5, 5.41) is 28.7. The first-order chi connectivity index (χ1) is 16.3. The quantitative estimate of drug-likeness (QED) is 0.620. The van der Waals surface area contributed by atoms with Crippen LogP contribution in [0.15, 0.2) is 6.20 Å². The number of hydrogen-bond donors (Lipinski definition) is 3. The Morgan fingerprint density at radius 2 is 1.91 bits per heavy atom. The Bertz CT molecular complexity index is 910. The summed E-state index contributed by atoms with van der Waals surface area (Å²) in [6.45, 7) is 10.7. The fourth-order valence-corrected chi connectivity index (χ4v) is 9.79. The molecule has 3 N–H and O–H groups in total. The zero-order valence-electron chi connectivity index (χ0n) is 21.4. The molecule has 4 fully saturated rings. The summed E-state index contributed by atoms with van der Waals surface area (Å²) in [4.78, 5) is 0. The van der Waals surface area contributed by atoms with Crippen molar-refractivity contribution < 1.29 is 19.7 Å². The van der Waals surface area contributed by atoms with Gasteiger partial charge in [-0.1, -0.05) is 27.7 Å². The minimum Gasteiger partial charge on any atom is -0.396 e. The molecule has 6 rings (SSSR count). The van der Waals surface area contributed by atoms with E-state index in [9.17, 15) is 10.2 Å². The fraction of sp³-hybridized carbons (Fsp3) is 0.893. The van der Waals surface area contributed by atoms with Crippen molar-refractivity contribution in [2.24, 2.45) is 52.3 Å². The van der Waals surface area contributed by atoms with Crippen LogP contribution in [0.5, 0.6) is 0 Å². The van der Waals surface area contributed by atoms with Crippen molar-refractivity contribution in [3.63, 3.8) is 0 Å². The third-order valence-electron chi connectivity index (χ3n) is 11.7. The number of aromatic nitrogens is 2. The van der Waals surface area contributed by atoms with Crippen molar-refractivity contribution in [3.05, 3.63) is 17.5 Å². The number of nitrogens with zero attached hydrogens (tertiary/aromatic N) is 1. The van der Waals surface area contributed by atoms with Crippen LogP contribution in [0.4, 0.5) is 0 Å². The summed E-state index contributed by atoms with van der Waals surface area (Å²) in [7, 11) is 0. The number of aliphatic hydroxyl groups is 2. The van der Waals surface area contributed by atoms with E-state index in [-0.39, 0.29) is 42.0 Å². The highest BCUT2D eigenvalue weighted by molar-refractivity contribution is 5.25. The van der Waals surface area contributed by atoms with Crippen LogP contribution < -0.4 is 0 Å². The lowest BCUT2D eigenvalue weighted by Gasteiger charge is -2.57. The van der Waals surface area contributed by atoms with Crippen LogP contribution in [0.3, 0.4) is 0 Å². The first kappa shape index (κ1) is 23.4. The molecule has 0 amide bonds. The first-order valence-electron chi connectivity index (χ1n) is 13.8. The molecule has 1 aromatic heterocycles. The standard InChI is InChI=1S/C28H44N2O4/c1-16-5-8-28(33-15-16)17(2)25-24(34-28)10-22-20(14-32)21(6-7-26(22,25)3)27(4)11-18-12-29-30-23(18)9-19(27)13-31/h12,16-17,19-22,24-25,31-32H,5-11,13-15H2,1-4H3,(H,29,30)/t16?,17-,19+,20+,21-,22-,24-,25-,26-,27-,28+/m0/s1. The number of H-pyrrole nitrogens is 1. The molecular formula is C28H44N2O4. The molecule has 1 aromatic rings. The SMILES string of the molecule is CC1CC[C@@]2(OC1)O[C@H]1C[C@H]3[C@H](CO)[C@@H]([C@@]4(C)Cc5cn[nH]c5C[C@@H]4CO)CC[C@]3(C)[C@H]1[C@@H]2C. The average molecular weight is 473 g/mol. The van der Waals surface area contributed by atoms with E-state index in [1.165, 1.54) is 24.1 Å². The van der Waals surface area contributed by atoms with Gasteiger partial charge in [-0.2, -0.15) is 5.10 Å². The maximum atomic E-state index is 10.8. The van der Waals surface area contributed by atoms with Gasteiger partial charge in [-0.05, 0) is 90.4 Å². The van der Waals surface area contributed by atoms with E-state index in [0.717, 1.165) is 38.7 Å². The van der Waals surface area contributed by atoms with Gasteiger partial charge in [0.1, 0.15) is 0 Å². The minimum absolute atomic E-state index is 0.0334. The lowest BCUT2D eigenvalue weighted by atomic mass is 9.48. The molecule has 3 heterocycles. The normalized spacial score (nSPS) is 52.4. The Morgan fingerprint density at radius 1 is 1.09 bits per heavy atom. The van der Waals surface area contributed by atoms with Gasteiger partial charge < -0.3 is 19.7 Å². The van der Waals surface area contributed by atoms with Gasteiger partial charge in [0.2, 0.25) is 0 Å². The summed E-state index contributed by atoms with van der Waals surface area (Å²) < 4.78 is 13.3. The zero-order valence-corrected chi connectivity index (χ0v) is 21.4. The molecule has 6 heteroatoms. The molecule has 3 aliphatic carbocycles.